The summed E-state index contributed by atoms with van der Waals surface area (Å²) in [6, 6.07) is 1.99. The van der Waals surface area contributed by atoms with Gasteiger partial charge in [-0.05, 0) is 19.4 Å². The van der Waals surface area contributed by atoms with E-state index in [-0.39, 0.29) is 5.92 Å². The van der Waals surface area contributed by atoms with E-state index in [1.54, 1.807) is 11.6 Å². The Labute approximate surface area is 71.4 Å². The number of ketones is 1. The van der Waals surface area contributed by atoms with Crippen LogP contribution in [0.1, 0.15) is 25.0 Å². The third-order valence-corrected chi connectivity index (χ3v) is 2.43. The van der Waals surface area contributed by atoms with Crippen LogP contribution in [0.5, 0.6) is 0 Å². The Morgan fingerprint density at radius 3 is 2.92 bits per heavy atom. The van der Waals surface area contributed by atoms with Crippen molar-refractivity contribution in [2.45, 2.75) is 19.3 Å². The summed E-state index contributed by atoms with van der Waals surface area (Å²) in [5.74, 6) is 0.953. The van der Waals surface area contributed by atoms with Gasteiger partial charge in [-0.2, -0.15) is 5.10 Å². The minimum absolute atomic E-state index is 0.250. The third kappa shape index (κ3) is 1.15. The lowest BCUT2D eigenvalue weighted by molar-refractivity contribution is -0.118. The molecule has 0 saturated heterocycles. The van der Waals surface area contributed by atoms with E-state index in [1.807, 2.05) is 19.3 Å². The molecule has 3 heteroatoms. The Kier molecular flexibility index (Phi) is 1.53. The molecule has 1 aromatic rings. The molecule has 0 aliphatic heterocycles. The lowest BCUT2D eigenvalue weighted by atomic mass is 10.2. The number of aryl methyl sites for hydroxylation is 1. The highest BCUT2D eigenvalue weighted by Crippen LogP contribution is 2.46. The van der Waals surface area contributed by atoms with Crippen LogP contribution in [0, 0.1) is 5.92 Å². The number of carbonyl (C=O) groups excluding carboxylic acids is 1. The van der Waals surface area contributed by atoms with Gasteiger partial charge in [0, 0.05) is 25.1 Å². The van der Waals surface area contributed by atoms with Gasteiger partial charge in [0.25, 0.3) is 0 Å². The fourth-order valence-electron chi connectivity index (χ4n) is 1.60. The molecule has 2 rings (SSSR count). The smallest absolute Gasteiger partial charge is 0.133 e. The van der Waals surface area contributed by atoms with Crippen LogP contribution in [0.2, 0.25) is 0 Å². The molecule has 3 nitrogen and oxygen atoms in total. The molecule has 64 valence electrons. The van der Waals surface area contributed by atoms with Crippen molar-refractivity contribution in [2.24, 2.45) is 13.0 Å². The molecular formula is C9H12N2O. The molecule has 0 bridgehead atoms. The van der Waals surface area contributed by atoms with Gasteiger partial charge < -0.3 is 0 Å². The van der Waals surface area contributed by atoms with Gasteiger partial charge in [-0.3, -0.25) is 9.48 Å². The maximum Gasteiger partial charge on any atom is 0.133 e. The first-order valence-corrected chi connectivity index (χ1v) is 4.18. The zero-order chi connectivity index (χ0) is 8.72. The van der Waals surface area contributed by atoms with Crippen molar-refractivity contribution >= 4 is 5.78 Å². The van der Waals surface area contributed by atoms with Crippen LogP contribution < -0.4 is 0 Å². The summed E-state index contributed by atoms with van der Waals surface area (Å²) in [7, 11) is 1.90. The second-order valence-electron chi connectivity index (χ2n) is 3.47. The maximum absolute atomic E-state index is 11.0. The summed E-state index contributed by atoms with van der Waals surface area (Å²) >= 11 is 0. The van der Waals surface area contributed by atoms with Crippen LogP contribution in [0.3, 0.4) is 0 Å². The number of rotatable bonds is 2. The van der Waals surface area contributed by atoms with E-state index in [0.717, 1.165) is 12.1 Å². The number of carbonyl (C=O) groups is 1. The SMILES string of the molecule is CC(=O)C1CC1c1ccn(C)n1. The summed E-state index contributed by atoms with van der Waals surface area (Å²) < 4.78 is 1.78. The first-order chi connectivity index (χ1) is 5.68. The van der Waals surface area contributed by atoms with Crippen LogP contribution >= 0.6 is 0 Å². The average Bonchev–Trinajstić information content (AvgIpc) is 2.70. The summed E-state index contributed by atoms with van der Waals surface area (Å²) in [6.07, 6.45) is 2.91. The highest BCUT2D eigenvalue weighted by Gasteiger charge is 2.43. The molecule has 2 unspecified atom stereocenters. The lowest BCUT2D eigenvalue weighted by Crippen LogP contribution is -1.96. The normalized spacial score (nSPS) is 27.2. The van der Waals surface area contributed by atoms with Gasteiger partial charge in [0.15, 0.2) is 0 Å². The molecule has 12 heavy (non-hydrogen) atoms. The highest BCUT2D eigenvalue weighted by atomic mass is 16.1. The number of hydrogen-bond acceptors (Lipinski definition) is 2. The van der Waals surface area contributed by atoms with Crippen LogP contribution in [-0.4, -0.2) is 15.6 Å². The fraction of sp³-hybridized carbons (Fsp3) is 0.556. The van der Waals surface area contributed by atoms with Crippen molar-refractivity contribution < 1.29 is 4.79 Å². The highest BCUT2D eigenvalue weighted by molar-refractivity contribution is 5.82. The lowest BCUT2D eigenvalue weighted by Gasteiger charge is -1.90. The van der Waals surface area contributed by atoms with Crippen molar-refractivity contribution in [3.05, 3.63) is 18.0 Å². The van der Waals surface area contributed by atoms with Gasteiger partial charge in [-0.25, -0.2) is 0 Å². The number of aromatic nitrogens is 2. The second kappa shape index (κ2) is 2.44. The van der Waals surface area contributed by atoms with Gasteiger partial charge >= 0.3 is 0 Å². The van der Waals surface area contributed by atoms with Crippen molar-refractivity contribution in [2.75, 3.05) is 0 Å². The molecule has 2 atom stereocenters. The van der Waals surface area contributed by atoms with Gasteiger partial charge in [0.2, 0.25) is 0 Å². The summed E-state index contributed by atoms with van der Waals surface area (Å²) in [5, 5.41) is 4.27. The van der Waals surface area contributed by atoms with Gasteiger partial charge in [0.05, 0.1) is 5.69 Å². The first-order valence-electron chi connectivity index (χ1n) is 4.18. The van der Waals surface area contributed by atoms with Crippen molar-refractivity contribution in [1.82, 2.24) is 9.78 Å². The van der Waals surface area contributed by atoms with Gasteiger partial charge in [-0.1, -0.05) is 0 Å². The van der Waals surface area contributed by atoms with E-state index >= 15 is 0 Å². The zero-order valence-electron chi connectivity index (χ0n) is 7.32. The second-order valence-corrected chi connectivity index (χ2v) is 3.47. The van der Waals surface area contributed by atoms with Crippen LogP contribution in [0.4, 0.5) is 0 Å². The molecule has 1 aromatic heterocycles. The van der Waals surface area contributed by atoms with Crippen molar-refractivity contribution in [3.63, 3.8) is 0 Å². The van der Waals surface area contributed by atoms with E-state index in [0.29, 0.717) is 11.7 Å². The summed E-state index contributed by atoms with van der Waals surface area (Å²) in [5.41, 5.74) is 1.07. The van der Waals surface area contributed by atoms with E-state index < -0.39 is 0 Å². The monoisotopic (exact) mass is 164 g/mol. The number of nitrogens with zero attached hydrogens (tertiary/aromatic N) is 2. The minimum atomic E-state index is 0.250. The largest absolute Gasteiger partial charge is 0.300 e. The first kappa shape index (κ1) is 7.53. The van der Waals surface area contributed by atoms with E-state index in [9.17, 15) is 4.79 Å². The molecule has 0 spiro atoms. The maximum atomic E-state index is 11.0. The third-order valence-electron chi connectivity index (χ3n) is 2.43. The molecule has 0 amide bonds. The Bertz CT molecular complexity index is 316. The average molecular weight is 164 g/mol. The fourth-order valence-corrected chi connectivity index (χ4v) is 1.60. The molecule has 1 aliphatic carbocycles. The predicted octanol–water partition coefficient (Wildman–Crippen LogP) is 1.11. The Morgan fingerprint density at radius 2 is 2.50 bits per heavy atom. The molecule has 1 heterocycles. The number of hydrogen-bond donors (Lipinski definition) is 0. The zero-order valence-corrected chi connectivity index (χ0v) is 7.32. The molecule has 0 radical (unpaired) electrons. The van der Waals surface area contributed by atoms with E-state index in [2.05, 4.69) is 5.10 Å². The standard InChI is InChI=1S/C9H12N2O/c1-6(12)7-5-8(7)9-3-4-11(2)10-9/h3-4,7-8H,5H2,1-2H3. The van der Waals surface area contributed by atoms with Crippen molar-refractivity contribution in [3.8, 4) is 0 Å². The summed E-state index contributed by atoms with van der Waals surface area (Å²) in [4.78, 5) is 11.0. The molecule has 1 saturated carbocycles. The van der Waals surface area contributed by atoms with Crippen LogP contribution in [-0.2, 0) is 11.8 Å². The van der Waals surface area contributed by atoms with Gasteiger partial charge in [-0.15, -0.1) is 0 Å². The topological polar surface area (TPSA) is 34.9 Å². The Hall–Kier alpha value is -1.12. The van der Waals surface area contributed by atoms with E-state index in [1.165, 1.54) is 0 Å². The Morgan fingerprint density at radius 1 is 1.75 bits per heavy atom. The predicted molar refractivity (Wildman–Crippen MR) is 44.7 cm³/mol. The van der Waals surface area contributed by atoms with Gasteiger partial charge in [0.1, 0.15) is 5.78 Å². The van der Waals surface area contributed by atoms with Crippen LogP contribution in [0.25, 0.3) is 0 Å². The summed E-state index contributed by atoms with van der Waals surface area (Å²) in [6.45, 7) is 1.66. The number of Topliss-reactive ketones (excluding diaryl/α,β-unsaturated/α-hetero) is 1. The van der Waals surface area contributed by atoms with Crippen molar-refractivity contribution in [1.29, 1.82) is 0 Å². The Balaban J connectivity index is 2.10. The molecule has 0 N–H and O–H groups in total. The minimum Gasteiger partial charge on any atom is -0.300 e. The van der Waals surface area contributed by atoms with Crippen LogP contribution in [0.15, 0.2) is 12.3 Å². The molecule has 1 aliphatic rings. The molecule has 1 fully saturated rings. The molecular weight excluding hydrogens is 152 g/mol. The molecule has 0 aromatic carbocycles. The quantitative estimate of drug-likeness (QED) is 0.656. The van der Waals surface area contributed by atoms with E-state index in [4.69, 9.17) is 0 Å².